The number of hydrogen-bond donors (Lipinski definition) is 0. The van der Waals surface area contributed by atoms with Crippen LogP contribution in [0.2, 0.25) is 0 Å². The van der Waals surface area contributed by atoms with Crippen molar-refractivity contribution < 1.29 is 0 Å². The fourth-order valence-electron chi connectivity index (χ4n) is 4.38. The standard InChI is InChI=1S/C16H27N3/c1-13-4-5-14(11-17)16(10-13)19-9-6-15(12-19)18-7-2-3-8-18/h13-16H,2-10,12H2,1H3. The highest BCUT2D eigenvalue weighted by Gasteiger charge is 2.38. The van der Waals surface area contributed by atoms with Gasteiger partial charge < -0.3 is 0 Å². The van der Waals surface area contributed by atoms with Crippen LogP contribution in [0.3, 0.4) is 0 Å². The number of likely N-dealkylation sites (tertiary alicyclic amines) is 2. The number of nitriles is 1. The van der Waals surface area contributed by atoms with Crippen molar-refractivity contribution in [3.8, 4) is 6.07 Å². The smallest absolute Gasteiger partial charge is 0.0672 e. The second-order valence-corrected chi connectivity index (χ2v) is 6.90. The largest absolute Gasteiger partial charge is 0.299 e. The summed E-state index contributed by atoms with van der Waals surface area (Å²) in [4.78, 5) is 5.33. The van der Waals surface area contributed by atoms with Gasteiger partial charge in [-0.15, -0.1) is 0 Å². The Morgan fingerprint density at radius 3 is 2.53 bits per heavy atom. The van der Waals surface area contributed by atoms with Gasteiger partial charge in [-0.2, -0.15) is 5.26 Å². The third kappa shape index (κ3) is 2.80. The fourth-order valence-corrected chi connectivity index (χ4v) is 4.38. The first-order valence-corrected chi connectivity index (χ1v) is 8.15. The molecule has 4 unspecified atom stereocenters. The number of rotatable bonds is 2. The van der Waals surface area contributed by atoms with E-state index in [2.05, 4.69) is 22.8 Å². The summed E-state index contributed by atoms with van der Waals surface area (Å²) in [5.74, 6) is 1.09. The predicted molar refractivity (Wildman–Crippen MR) is 76.7 cm³/mol. The minimum atomic E-state index is 0.286. The summed E-state index contributed by atoms with van der Waals surface area (Å²) in [6.45, 7) is 7.41. The van der Waals surface area contributed by atoms with E-state index >= 15 is 0 Å². The molecule has 1 saturated carbocycles. The molecule has 0 spiro atoms. The minimum Gasteiger partial charge on any atom is -0.299 e. The lowest BCUT2D eigenvalue weighted by atomic mass is 9.79. The van der Waals surface area contributed by atoms with E-state index in [-0.39, 0.29) is 5.92 Å². The Kier molecular flexibility index (Phi) is 4.10. The average Bonchev–Trinajstić information content (AvgIpc) is 3.09. The van der Waals surface area contributed by atoms with Gasteiger partial charge in [0.2, 0.25) is 0 Å². The van der Waals surface area contributed by atoms with Gasteiger partial charge in [-0.3, -0.25) is 9.80 Å². The Hall–Kier alpha value is -0.590. The van der Waals surface area contributed by atoms with Crippen molar-refractivity contribution in [1.82, 2.24) is 9.80 Å². The third-order valence-corrected chi connectivity index (χ3v) is 5.57. The minimum absolute atomic E-state index is 0.286. The van der Waals surface area contributed by atoms with Crippen molar-refractivity contribution in [2.45, 2.75) is 57.5 Å². The molecule has 3 fully saturated rings. The van der Waals surface area contributed by atoms with Gasteiger partial charge in [0.05, 0.1) is 12.0 Å². The molecule has 3 aliphatic rings. The van der Waals surface area contributed by atoms with Crippen molar-refractivity contribution in [3.63, 3.8) is 0 Å². The molecule has 106 valence electrons. The number of hydrogen-bond acceptors (Lipinski definition) is 3. The van der Waals surface area contributed by atoms with Gasteiger partial charge in [0.25, 0.3) is 0 Å². The van der Waals surface area contributed by atoms with Crippen LogP contribution in [0, 0.1) is 23.2 Å². The van der Waals surface area contributed by atoms with Crippen molar-refractivity contribution in [3.05, 3.63) is 0 Å². The highest BCUT2D eigenvalue weighted by molar-refractivity contribution is 5.00. The quantitative estimate of drug-likeness (QED) is 0.765. The Balaban J connectivity index is 1.61. The zero-order valence-electron chi connectivity index (χ0n) is 12.2. The Morgan fingerprint density at radius 2 is 1.79 bits per heavy atom. The molecule has 2 heterocycles. The van der Waals surface area contributed by atoms with Crippen LogP contribution in [0.4, 0.5) is 0 Å². The van der Waals surface area contributed by atoms with Crippen LogP contribution in [0.25, 0.3) is 0 Å². The normalized spacial score (nSPS) is 41.5. The van der Waals surface area contributed by atoms with Crippen LogP contribution >= 0.6 is 0 Å². The van der Waals surface area contributed by atoms with Gasteiger partial charge in [0.15, 0.2) is 0 Å². The summed E-state index contributed by atoms with van der Waals surface area (Å²) in [7, 11) is 0. The van der Waals surface area contributed by atoms with E-state index in [1.807, 2.05) is 0 Å². The second-order valence-electron chi connectivity index (χ2n) is 6.90. The van der Waals surface area contributed by atoms with Crippen LogP contribution < -0.4 is 0 Å². The second kappa shape index (κ2) is 5.81. The van der Waals surface area contributed by atoms with Crippen LogP contribution in [0.15, 0.2) is 0 Å². The molecular formula is C16H27N3. The van der Waals surface area contributed by atoms with E-state index in [9.17, 15) is 5.26 Å². The Labute approximate surface area is 117 Å². The Bertz CT molecular complexity index is 342. The molecule has 3 rings (SSSR count). The molecule has 0 amide bonds. The molecule has 0 aromatic rings. The third-order valence-electron chi connectivity index (χ3n) is 5.57. The van der Waals surface area contributed by atoms with E-state index in [4.69, 9.17) is 0 Å². The molecule has 2 aliphatic heterocycles. The van der Waals surface area contributed by atoms with Crippen molar-refractivity contribution >= 4 is 0 Å². The maximum Gasteiger partial charge on any atom is 0.0672 e. The molecular weight excluding hydrogens is 234 g/mol. The fraction of sp³-hybridized carbons (Fsp3) is 0.938. The lowest BCUT2D eigenvalue weighted by Gasteiger charge is -2.37. The Morgan fingerprint density at radius 1 is 1.00 bits per heavy atom. The predicted octanol–water partition coefficient (Wildman–Crippen LogP) is 2.48. The maximum absolute atomic E-state index is 9.40. The van der Waals surface area contributed by atoms with Crippen molar-refractivity contribution in [1.29, 1.82) is 5.26 Å². The lowest BCUT2D eigenvalue weighted by Crippen LogP contribution is -2.44. The topological polar surface area (TPSA) is 30.3 Å². The monoisotopic (exact) mass is 261 g/mol. The van der Waals surface area contributed by atoms with Crippen LogP contribution in [-0.2, 0) is 0 Å². The molecule has 1 aliphatic carbocycles. The van der Waals surface area contributed by atoms with Gasteiger partial charge >= 0.3 is 0 Å². The van der Waals surface area contributed by atoms with Gasteiger partial charge in [0, 0.05) is 25.2 Å². The van der Waals surface area contributed by atoms with Gasteiger partial charge in [-0.05, 0) is 57.5 Å². The molecule has 0 aromatic heterocycles. The van der Waals surface area contributed by atoms with E-state index in [1.165, 1.54) is 58.3 Å². The van der Waals surface area contributed by atoms with Crippen molar-refractivity contribution in [2.75, 3.05) is 26.2 Å². The molecule has 2 saturated heterocycles. The summed E-state index contributed by atoms with van der Waals surface area (Å²) < 4.78 is 0. The summed E-state index contributed by atoms with van der Waals surface area (Å²) in [5.41, 5.74) is 0. The highest BCUT2D eigenvalue weighted by atomic mass is 15.3. The van der Waals surface area contributed by atoms with Gasteiger partial charge in [0.1, 0.15) is 0 Å². The SMILES string of the molecule is CC1CCC(C#N)C(N2CCC(N3CCCC3)C2)C1. The lowest BCUT2D eigenvalue weighted by molar-refractivity contribution is 0.119. The van der Waals surface area contributed by atoms with Gasteiger partial charge in [-0.25, -0.2) is 0 Å². The highest BCUT2D eigenvalue weighted by Crippen LogP contribution is 2.34. The number of nitrogens with zero attached hydrogens (tertiary/aromatic N) is 3. The summed E-state index contributed by atoms with van der Waals surface area (Å²) in [6.07, 6.45) is 7.70. The molecule has 0 aromatic carbocycles. The molecule has 0 radical (unpaired) electrons. The summed E-state index contributed by atoms with van der Waals surface area (Å²) in [6, 6.07) is 3.90. The van der Waals surface area contributed by atoms with Crippen LogP contribution in [0.1, 0.15) is 45.4 Å². The first-order chi connectivity index (χ1) is 9.28. The first-order valence-electron chi connectivity index (χ1n) is 8.15. The summed E-state index contributed by atoms with van der Waals surface area (Å²) in [5, 5.41) is 9.40. The molecule has 3 nitrogen and oxygen atoms in total. The van der Waals surface area contributed by atoms with E-state index in [1.54, 1.807) is 0 Å². The molecule has 3 heteroatoms. The molecule has 0 N–H and O–H groups in total. The average molecular weight is 261 g/mol. The molecule has 0 bridgehead atoms. The molecule has 19 heavy (non-hydrogen) atoms. The van der Waals surface area contributed by atoms with Gasteiger partial charge in [-0.1, -0.05) is 6.92 Å². The summed E-state index contributed by atoms with van der Waals surface area (Å²) >= 11 is 0. The first kappa shape index (κ1) is 13.4. The zero-order chi connectivity index (χ0) is 13.2. The van der Waals surface area contributed by atoms with Crippen LogP contribution in [0.5, 0.6) is 0 Å². The van der Waals surface area contributed by atoms with Crippen LogP contribution in [-0.4, -0.2) is 48.1 Å². The van der Waals surface area contributed by atoms with E-state index in [0.717, 1.165) is 18.4 Å². The van der Waals surface area contributed by atoms with Crippen molar-refractivity contribution in [2.24, 2.45) is 11.8 Å². The molecule has 4 atom stereocenters. The zero-order valence-corrected chi connectivity index (χ0v) is 12.2. The maximum atomic E-state index is 9.40. The van der Waals surface area contributed by atoms with E-state index < -0.39 is 0 Å². The van der Waals surface area contributed by atoms with E-state index in [0.29, 0.717) is 6.04 Å².